The van der Waals surface area contributed by atoms with Gasteiger partial charge in [-0.1, -0.05) is 17.7 Å². The largest absolute Gasteiger partial charge is 0.434 e. The minimum Gasteiger partial charge on any atom is -0.338 e. The van der Waals surface area contributed by atoms with E-state index in [1.54, 1.807) is 0 Å². The van der Waals surface area contributed by atoms with Crippen molar-refractivity contribution in [2.24, 2.45) is 0 Å². The summed E-state index contributed by atoms with van der Waals surface area (Å²) in [5.41, 5.74) is -2.24. The lowest BCUT2D eigenvalue weighted by Crippen LogP contribution is -2.35. The Balaban J connectivity index is 2.46. The Kier molecular flexibility index (Phi) is 6.08. The molecule has 4 nitrogen and oxygen atoms in total. The SMILES string of the molecule is CCN(CCC(F)(F)F)C(=O)c1cnn(-c2cccc(Cl)c2)c1C(F)(F)F. The third kappa shape index (κ3) is 5.15. The number of nitrogens with zero attached hydrogens (tertiary/aromatic N) is 3. The van der Waals surface area contributed by atoms with Gasteiger partial charge in [0.05, 0.1) is 23.9 Å². The number of carbonyl (C=O) groups is 1. The summed E-state index contributed by atoms with van der Waals surface area (Å²) in [4.78, 5) is 13.1. The Hall–Kier alpha value is -2.23. The standard InChI is InChI=1S/C16H14ClF6N3O/c1-2-25(7-6-15(18,19)20)14(27)12-9-24-26(13(12)16(21,22)23)11-5-3-4-10(17)8-11/h3-5,8-9H,2,6-7H2,1H3. The van der Waals surface area contributed by atoms with Gasteiger partial charge in [0.15, 0.2) is 5.69 Å². The van der Waals surface area contributed by atoms with Gasteiger partial charge in [-0.25, -0.2) is 4.68 Å². The zero-order valence-electron chi connectivity index (χ0n) is 13.9. The molecule has 0 N–H and O–H groups in total. The lowest BCUT2D eigenvalue weighted by Gasteiger charge is -2.22. The summed E-state index contributed by atoms with van der Waals surface area (Å²) in [6.45, 7) is 0.440. The molecule has 0 bridgehead atoms. The second-order valence-electron chi connectivity index (χ2n) is 5.55. The van der Waals surface area contributed by atoms with Crippen LogP contribution in [0.15, 0.2) is 30.5 Å². The summed E-state index contributed by atoms with van der Waals surface area (Å²) in [5, 5.41) is 3.77. The van der Waals surface area contributed by atoms with Crippen molar-refractivity contribution in [3.8, 4) is 5.69 Å². The number of carbonyl (C=O) groups excluding carboxylic acids is 1. The summed E-state index contributed by atoms with van der Waals surface area (Å²) >= 11 is 5.78. The van der Waals surface area contributed by atoms with Crippen LogP contribution < -0.4 is 0 Å². The Morgan fingerprint density at radius 2 is 1.89 bits per heavy atom. The predicted molar refractivity (Wildman–Crippen MR) is 85.8 cm³/mol. The normalized spacial score (nSPS) is 12.3. The Labute approximate surface area is 155 Å². The Bertz CT molecular complexity index is 815. The highest BCUT2D eigenvalue weighted by molar-refractivity contribution is 6.30. The molecule has 0 aliphatic rings. The van der Waals surface area contributed by atoms with Crippen LogP contribution in [-0.2, 0) is 6.18 Å². The van der Waals surface area contributed by atoms with E-state index in [0.717, 1.165) is 0 Å². The first-order valence-electron chi connectivity index (χ1n) is 7.71. The van der Waals surface area contributed by atoms with E-state index in [0.29, 0.717) is 15.8 Å². The van der Waals surface area contributed by atoms with Gasteiger partial charge in [0, 0.05) is 18.1 Å². The quantitative estimate of drug-likeness (QED) is 0.650. The van der Waals surface area contributed by atoms with Crippen LogP contribution in [0.1, 0.15) is 29.4 Å². The van der Waals surface area contributed by atoms with Crippen molar-refractivity contribution in [3.63, 3.8) is 0 Å². The van der Waals surface area contributed by atoms with Crippen LogP contribution in [0, 0.1) is 0 Å². The summed E-state index contributed by atoms with van der Waals surface area (Å²) in [7, 11) is 0. The predicted octanol–water partition coefficient (Wildman–Crippen LogP) is 4.96. The van der Waals surface area contributed by atoms with Gasteiger partial charge in [-0.15, -0.1) is 0 Å². The fraction of sp³-hybridized carbons (Fsp3) is 0.375. The first-order chi connectivity index (χ1) is 12.4. The lowest BCUT2D eigenvalue weighted by atomic mass is 10.2. The molecule has 0 atom stereocenters. The highest BCUT2D eigenvalue weighted by Gasteiger charge is 2.41. The smallest absolute Gasteiger partial charge is 0.338 e. The van der Waals surface area contributed by atoms with Crippen LogP contribution in [0.5, 0.6) is 0 Å². The zero-order chi connectivity index (χ0) is 20.4. The molecule has 1 aromatic heterocycles. The maximum absolute atomic E-state index is 13.6. The van der Waals surface area contributed by atoms with Crippen LogP contribution in [0.2, 0.25) is 5.02 Å². The Morgan fingerprint density at radius 3 is 2.41 bits per heavy atom. The molecule has 0 aliphatic carbocycles. The fourth-order valence-electron chi connectivity index (χ4n) is 2.42. The molecule has 148 valence electrons. The van der Waals surface area contributed by atoms with E-state index in [9.17, 15) is 31.1 Å². The minimum atomic E-state index is -4.97. The molecule has 0 aliphatic heterocycles. The first kappa shape index (κ1) is 21.1. The highest BCUT2D eigenvalue weighted by Crippen LogP contribution is 2.34. The van der Waals surface area contributed by atoms with Crippen LogP contribution in [0.4, 0.5) is 26.3 Å². The van der Waals surface area contributed by atoms with E-state index in [-0.39, 0.29) is 17.3 Å². The molecule has 2 rings (SSSR count). The molecule has 0 radical (unpaired) electrons. The lowest BCUT2D eigenvalue weighted by molar-refractivity contribution is -0.143. The van der Waals surface area contributed by atoms with Crippen molar-refractivity contribution in [1.82, 2.24) is 14.7 Å². The molecule has 0 spiro atoms. The molecule has 0 fully saturated rings. The van der Waals surface area contributed by atoms with Crippen molar-refractivity contribution < 1.29 is 31.1 Å². The molecule has 0 unspecified atom stereocenters. The summed E-state index contributed by atoms with van der Waals surface area (Å²) in [6.07, 6.45) is -10.1. The monoisotopic (exact) mass is 413 g/mol. The van der Waals surface area contributed by atoms with Crippen LogP contribution >= 0.6 is 11.6 Å². The molecule has 1 amide bonds. The average molecular weight is 414 g/mol. The summed E-state index contributed by atoms with van der Waals surface area (Å²) in [6, 6.07) is 5.38. The molecular formula is C16H14ClF6N3O. The van der Waals surface area contributed by atoms with E-state index in [4.69, 9.17) is 11.6 Å². The second kappa shape index (κ2) is 7.79. The molecule has 0 saturated heterocycles. The molecule has 11 heteroatoms. The number of hydrogen-bond acceptors (Lipinski definition) is 2. The molecular weight excluding hydrogens is 400 g/mol. The third-order valence-electron chi connectivity index (χ3n) is 3.66. The zero-order valence-corrected chi connectivity index (χ0v) is 14.7. The van der Waals surface area contributed by atoms with Gasteiger partial charge in [-0.05, 0) is 25.1 Å². The van der Waals surface area contributed by atoms with Gasteiger partial charge < -0.3 is 4.90 Å². The Morgan fingerprint density at radius 1 is 1.22 bits per heavy atom. The topological polar surface area (TPSA) is 38.1 Å². The third-order valence-corrected chi connectivity index (χ3v) is 3.89. The van der Waals surface area contributed by atoms with Crippen molar-refractivity contribution >= 4 is 17.5 Å². The summed E-state index contributed by atoms with van der Waals surface area (Å²) in [5.74, 6) is -1.18. The van der Waals surface area contributed by atoms with Gasteiger partial charge in [-0.2, -0.15) is 31.4 Å². The van der Waals surface area contributed by atoms with Crippen molar-refractivity contribution in [2.45, 2.75) is 25.7 Å². The van der Waals surface area contributed by atoms with Gasteiger partial charge in [-0.3, -0.25) is 4.79 Å². The molecule has 2 aromatic rings. The first-order valence-corrected chi connectivity index (χ1v) is 8.09. The van der Waals surface area contributed by atoms with Gasteiger partial charge in [0.25, 0.3) is 5.91 Å². The number of aromatic nitrogens is 2. The average Bonchev–Trinajstić information content (AvgIpc) is 2.99. The van der Waals surface area contributed by atoms with Crippen molar-refractivity contribution in [1.29, 1.82) is 0 Å². The number of amides is 1. The van der Waals surface area contributed by atoms with Crippen LogP contribution in [0.25, 0.3) is 5.69 Å². The number of halogens is 7. The van der Waals surface area contributed by atoms with Crippen molar-refractivity contribution in [2.75, 3.05) is 13.1 Å². The minimum absolute atomic E-state index is 0.0350. The van der Waals surface area contributed by atoms with E-state index in [2.05, 4.69) is 5.10 Å². The number of alkyl halides is 6. The molecule has 0 saturated carbocycles. The second-order valence-corrected chi connectivity index (χ2v) is 5.98. The van der Waals surface area contributed by atoms with Crippen molar-refractivity contribution in [3.05, 3.63) is 46.7 Å². The number of benzene rings is 1. The molecule has 1 heterocycles. The van der Waals surface area contributed by atoms with Gasteiger partial charge in [0.1, 0.15) is 0 Å². The van der Waals surface area contributed by atoms with E-state index in [1.165, 1.54) is 31.2 Å². The number of hydrogen-bond donors (Lipinski definition) is 0. The molecule has 27 heavy (non-hydrogen) atoms. The summed E-state index contributed by atoms with van der Waals surface area (Å²) < 4.78 is 78.5. The fourth-order valence-corrected chi connectivity index (χ4v) is 2.60. The highest BCUT2D eigenvalue weighted by atomic mass is 35.5. The van der Waals surface area contributed by atoms with Gasteiger partial charge >= 0.3 is 12.4 Å². The molecule has 1 aromatic carbocycles. The van der Waals surface area contributed by atoms with E-state index >= 15 is 0 Å². The van der Waals surface area contributed by atoms with Crippen LogP contribution in [0.3, 0.4) is 0 Å². The van der Waals surface area contributed by atoms with E-state index in [1.807, 2.05) is 0 Å². The maximum atomic E-state index is 13.6. The van der Waals surface area contributed by atoms with Gasteiger partial charge in [0.2, 0.25) is 0 Å². The number of rotatable bonds is 5. The maximum Gasteiger partial charge on any atom is 0.434 e. The van der Waals surface area contributed by atoms with E-state index < -0.39 is 42.5 Å². The van der Waals surface area contributed by atoms with Crippen LogP contribution in [-0.4, -0.2) is 39.9 Å².